The summed E-state index contributed by atoms with van der Waals surface area (Å²) in [7, 11) is 0. The van der Waals surface area contributed by atoms with Crippen LogP contribution >= 0.6 is 11.6 Å². The van der Waals surface area contributed by atoms with Gasteiger partial charge in [0.25, 0.3) is 0 Å². The van der Waals surface area contributed by atoms with Gasteiger partial charge in [-0.15, -0.1) is 0 Å². The molecule has 5 heteroatoms. The van der Waals surface area contributed by atoms with Crippen molar-refractivity contribution < 1.29 is 9.59 Å². The van der Waals surface area contributed by atoms with Crippen molar-refractivity contribution in [3.05, 3.63) is 58.4 Å². The Kier molecular flexibility index (Phi) is 6.28. The first-order valence-electron chi connectivity index (χ1n) is 9.34. The van der Waals surface area contributed by atoms with Gasteiger partial charge in [-0.05, 0) is 62.7 Å². The Morgan fingerprint density at radius 2 is 1.73 bits per heavy atom. The summed E-state index contributed by atoms with van der Waals surface area (Å²) < 4.78 is 1.90. The molecule has 0 N–H and O–H groups in total. The molecule has 138 valence electrons. The van der Waals surface area contributed by atoms with E-state index in [-0.39, 0.29) is 11.6 Å². The number of rotatable bonds is 7. The fraction of sp³-hybridized carbons (Fsp3) is 0.429. The Bertz CT molecular complexity index is 774. The van der Waals surface area contributed by atoms with Gasteiger partial charge in [0, 0.05) is 28.9 Å². The van der Waals surface area contributed by atoms with Crippen molar-refractivity contribution in [2.45, 2.75) is 39.2 Å². The third-order valence-corrected chi connectivity index (χ3v) is 5.09. The molecule has 0 saturated carbocycles. The summed E-state index contributed by atoms with van der Waals surface area (Å²) in [6.45, 7) is 5.18. The molecule has 0 radical (unpaired) electrons. The summed E-state index contributed by atoms with van der Waals surface area (Å²) in [6, 6.07) is 8.62. The highest BCUT2D eigenvalue weighted by atomic mass is 35.5. The van der Waals surface area contributed by atoms with E-state index in [1.165, 1.54) is 6.42 Å². The minimum atomic E-state index is -0.0767. The summed E-state index contributed by atoms with van der Waals surface area (Å²) in [5.74, 6) is 0.0130. The summed E-state index contributed by atoms with van der Waals surface area (Å²) in [6.07, 6.45) is 6.29. The van der Waals surface area contributed by atoms with Crippen LogP contribution in [0.2, 0.25) is 5.02 Å². The van der Waals surface area contributed by atoms with Gasteiger partial charge >= 0.3 is 0 Å². The van der Waals surface area contributed by atoms with Crippen LogP contribution in [0.3, 0.4) is 0 Å². The molecular formula is C21H25ClN2O2. The van der Waals surface area contributed by atoms with Crippen LogP contribution < -0.4 is 0 Å². The van der Waals surface area contributed by atoms with Gasteiger partial charge in [-0.2, -0.15) is 0 Å². The average molecular weight is 373 g/mol. The Labute approximate surface area is 159 Å². The largest absolute Gasteiger partial charge is 0.344 e. The molecule has 4 nitrogen and oxygen atoms in total. The van der Waals surface area contributed by atoms with E-state index in [1.54, 1.807) is 30.3 Å². The van der Waals surface area contributed by atoms with Gasteiger partial charge in [0.2, 0.25) is 5.78 Å². The second-order valence-electron chi connectivity index (χ2n) is 6.90. The number of ketones is 2. The number of benzene rings is 1. The lowest BCUT2D eigenvalue weighted by Crippen LogP contribution is -2.34. The second-order valence-corrected chi connectivity index (χ2v) is 7.34. The van der Waals surface area contributed by atoms with Gasteiger partial charge in [0.1, 0.15) is 0 Å². The minimum Gasteiger partial charge on any atom is -0.344 e. The molecule has 1 aromatic heterocycles. The summed E-state index contributed by atoms with van der Waals surface area (Å²) in [5, 5.41) is 0.600. The highest BCUT2D eigenvalue weighted by molar-refractivity contribution is 6.30. The number of nitrogens with zero attached hydrogens (tertiary/aromatic N) is 2. The van der Waals surface area contributed by atoms with E-state index >= 15 is 0 Å². The number of aryl methyl sites for hydroxylation is 1. The maximum absolute atomic E-state index is 12.9. The number of carbonyl (C=O) groups excluding carboxylic acids is 2. The monoisotopic (exact) mass is 372 g/mol. The molecule has 0 unspecified atom stereocenters. The lowest BCUT2D eigenvalue weighted by atomic mass is 10.1. The molecule has 0 aliphatic carbocycles. The maximum Gasteiger partial charge on any atom is 0.209 e. The first-order valence-corrected chi connectivity index (χ1v) is 9.72. The fourth-order valence-electron chi connectivity index (χ4n) is 3.44. The Balaban J connectivity index is 1.82. The first kappa shape index (κ1) is 18.9. The third-order valence-electron chi connectivity index (χ3n) is 4.84. The summed E-state index contributed by atoms with van der Waals surface area (Å²) >= 11 is 5.92. The van der Waals surface area contributed by atoms with Crippen LogP contribution in [0.25, 0.3) is 0 Å². The normalized spacial score (nSPS) is 15.2. The van der Waals surface area contributed by atoms with E-state index in [0.29, 0.717) is 34.9 Å². The van der Waals surface area contributed by atoms with Crippen LogP contribution in [0.15, 0.2) is 36.5 Å². The highest BCUT2D eigenvalue weighted by Gasteiger charge is 2.20. The summed E-state index contributed by atoms with van der Waals surface area (Å²) in [5.41, 5.74) is 1.78. The van der Waals surface area contributed by atoms with E-state index in [9.17, 15) is 9.59 Å². The van der Waals surface area contributed by atoms with Crippen LogP contribution in [0.5, 0.6) is 0 Å². The average Bonchev–Trinajstić information content (AvgIpc) is 3.07. The minimum absolute atomic E-state index is 0.0767. The molecule has 2 aromatic rings. The zero-order valence-electron chi connectivity index (χ0n) is 15.2. The molecular weight excluding hydrogens is 348 g/mol. The topological polar surface area (TPSA) is 42.3 Å². The smallest absolute Gasteiger partial charge is 0.209 e. The van der Waals surface area contributed by atoms with Gasteiger partial charge in [-0.3, -0.25) is 14.5 Å². The van der Waals surface area contributed by atoms with Crippen molar-refractivity contribution in [1.82, 2.24) is 9.47 Å². The lowest BCUT2D eigenvalue weighted by Gasteiger charge is -2.25. The Hall–Kier alpha value is -1.91. The van der Waals surface area contributed by atoms with Gasteiger partial charge in [0.05, 0.1) is 12.2 Å². The van der Waals surface area contributed by atoms with E-state index in [1.807, 2.05) is 10.8 Å². The fourth-order valence-corrected chi connectivity index (χ4v) is 3.57. The molecule has 0 bridgehead atoms. The number of carbonyl (C=O) groups is 2. The molecule has 1 fully saturated rings. The predicted molar refractivity (Wildman–Crippen MR) is 104 cm³/mol. The van der Waals surface area contributed by atoms with E-state index in [2.05, 4.69) is 11.8 Å². The Morgan fingerprint density at radius 3 is 2.38 bits per heavy atom. The number of halogens is 1. The molecule has 0 atom stereocenters. The Morgan fingerprint density at radius 1 is 1.04 bits per heavy atom. The second kappa shape index (κ2) is 8.65. The van der Waals surface area contributed by atoms with Gasteiger partial charge < -0.3 is 4.57 Å². The van der Waals surface area contributed by atoms with Crippen LogP contribution in [-0.4, -0.2) is 40.7 Å². The molecule has 1 aromatic carbocycles. The number of likely N-dealkylation sites (tertiary alicyclic amines) is 1. The van der Waals surface area contributed by atoms with Gasteiger partial charge in [-0.25, -0.2) is 0 Å². The number of hydrogen-bond acceptors (Lipinski definition) is 3. The van der Waals surface area contributed by atoms with E-state index in [0.717, 1.165) is 32.4 Å². The third kappa shape index (κ3) is 4.43. The maximum atomic E-state index is 12.9. The van der Waals surface area contributed by atoms with Crippen molar-refractivity contribution in [3.8, 4) is 0 Å². The molecule has 1 aliphatic rings. The quantitative estimate of drug-likeness (QED) is 0.674. The van der Waals surface area contributed by atoms with Crippen molar-refractivity contribution >= 4 is 23.2 Å². The molecule has 1 aliphatic heterocycles. The number of Topliss-reactive ketones (excluding diaryl/α,β-unsaturated/α-hetero) is 1. The number of aromatic nitrogens is 1. The van der Waals surface area contributed by atoms with Crippen molar-refractivity contribution in [1.29, 1.82) is 0 Å². The standard InChI is InChI=1S/C21H25ClN2O2/c1-2-10-24-14-17(20(25)15-23-11-4-3-5-12-23)13-19(24)21(26)16-6-8-18(22)9-7-16/h6-9,13-14H,2-5,10-12,15H2,1H3. The number of hydrogen-bond donors (Lipinski definition) is 0. The van der Waals surface area contributed by atoms with Gasteiger partial charge in [-0.1, -0.05) is 24.9 Å². The zero-order chi connectivity index (χ0) is 18.5. The SMILES string of the molecule is CCCn1cc(C(=O)CN2CCCCC2)cc1C(=O)c1ccc(Cl)cc1. The number of piperidine rings is 1. The molecule has 1 saturated heterocycles. The van der Waals surface area contributed by atoms with Crippen LogP contribution in [0, 0.1) is 0 Å². The first-order chi connectivity index (χ1) is 12.6. The van der Waals surface area contributed by atoms with Crippen molar-refractivity contribution in [3.63, 3.8) is 0 Å². The van der Waals surface area contributed by atoms with Crippen LogP contribution in [-0.2, 0) is 6.54 Å². The van der Waals surface area contributed by atoms with Crippen LogP contribution in [0.4, 0.5) is 0 Å². The predicted octanol–water partition coefficient (Wildman–Crippen LogP) is 4.45. The highest BCUT2D eigenvalue weighted by Crippen LogP contribution is 2.18. The molecule has 2 heterocycles. The van der Waals surface area contributed by atoms with Crippen molar-refractivity contribution in [2.75, 3.05) is 19.6 Å². The molecule has 0 amide bonds. The molecule has 26 heavy (non-hydrogen) atoms. The van der Waals surface area contributed by atoms with Crippen LogP contribution in [0.1, 0.15) is 59.0 Å². The van der Waals surface area contributed by atoms with Gasteiger partial charge in [0.15, 0.2) is 5.78 Å². The van der Waals surface area contributed by atoms with E-state index in [4.69, 9.17) is 11.6 Å². The summed E-state index contributed by atoms with van der Waals surface area (Å²) in [4.78, 5) is 27.8. The molecule has 0 spiro atoms. The lowest BCUT2D eigenvalue weighted by molar-refractivity contribution is 0.0915. The van der Waals surface area contributed by atoms with E-state index < -0.39 is 0 Å². The van der Waals surface area contributed by atoms with Crippen molar-refractivity contribution in [2.24, 2.45) is 0 Å². The molecule has 3 rings (SSSR count). The zero-order valence-corrected chi connectivity index (χ0v) is 16.0.